The van der Waals surface area contributed by atoms with Crippen LogP contribution < -0.4 is 21.1 Å². The normalized spacial score (nSPS) is 17.1. The van der Waals surface area contributed by atoms with E-state index in [0.29, 0.717) is 30.5 Å². The second-order valence-electron chi connectivity index (χ2n) is 16.6. The Labute approximate surface area is 349 Å². The lowest BCUT2D eigenvalue weighted by atomic mass is 9.82. The minimum Gasteiger partial charge on any atom is -0.405 e. The largest absolute Gasteiger partial charge is 0.573 e. The van der Waals surface area contributed by atoms with Crippen LogP contribution in [0.3, 0.4) is 0 Å². The number of aryl methyl sites for hydroxylation is 3. The van der Waals surface area contributed by atoms with Crippen molar-refractivity contribution in [3.63, 3.8) is 0 Å². The van der Waals surface area contributed by atoms with E-state index in [0.717, 1.165) is 43.4 Å². The van der Waals surface area contributed by atoms with Gasteiger partial charge in [-0.3, -0.25) is 10.1 Å². The molecule has 4 atom stereocenters. The van der Waals surface area contributed by atoms with E-state index in [1.54, 1.807) is 19.1 Å². The minimum absolute atomic E-state index is 0.161. The van der Waals surface area contributed by atoms with Crippen LogP contribution in [-0.4, -0.2) is 23.6 Å². The van der Waals surface area contributed by atoms with Crippen LogP contribution in [0.15, 0.2) is 54.6 Å². The summed E-state index contributed by atoms with van der Waals surface area (Å²) < 4.78 is 42.3. The number of benzene rings is 3. The van der Waals surface area contributed by atoms with Crippen LogP contribution in [0.4, 0.5) is 18.9 Å². The number of rotatable bonds is 15. The summed E-state index contributed by atoms with van der Waals surface area (Å²) in [5.74, 6) is 1.19. The number of carbonyl (C=O) groups is 2. The predicted octanol–water partition coefficient (Wildman–Crippen LogP) is 13.9. The molecule has 1 aliphatic heterocycles. The maximum atomic E-state index is 12.9. The standard InChI is InChI=1S/C20H29F3N2O2.C19H25N.C6H12O.C4H10/c1-5-14(4)10-11-19(12-13(2)3)18(26)24-17(25-19)15-8-6-7-9-16(15)27-20(21,22)23;1-6-13(3)16-10-14(4)19(15(5)11-16)17-9-12(2)7-8-18(17)20;1-3-4-5-6(2)7;1-3-4-2/h6-9,13-14,17,25H,5,10-12H2,1-4H3,(H,24,26);7-11,13H,6,20H2,1-5H3;3-5H2,1-2H3;3-4H2,1-2H3. The van der Waals surface area contributed by atoms with Gasteiger partial charge in [0, 0.05) is 23.2 Å². The third-order valence-electron chi connectivity index (χ3n) is 10.7. The summed E-state index contributed by atoms with van der Waals surface area (Å²) in [6.07, 6.45) is 4.40. The molecule has 3 aromatic carbocycles. The van der Waals surface area contributed by atoms with Crippen LogP contribution in [0.1, 0.15) is 173 Å². The van der Waals surface area contributed by atoms with E-state index in [4.69, 9.17) is 5.73 Å². The molecule has 0 aliphatic carbocycles. The predicted molar refractivity (Wildman–Crippen MR) is 238 cm³/mol. The molecular formula is C49H76F3N3O3. The molecule has 1 amide bonds. The van der Waals surface area contributed by atoms with Gasteiger partial charge in [-0.05, 0) is 118 Å². The zero-order valence-corrected chi connectivity index (χ0v) is 38.0. The van der Waals surface area contributed by atoms with Crippen molar-refractivity contribution in [3.8, 4) is 16.9 Å². The fourth-order valence-electron chi connectivity index (χ4n) is 6.83. The number of hydrogen-bond donors (Lipinski definition) is 3. The third-order valence-corrected chi connectivity index (χ3v) is 10.7. The molecule has 1 fully saturated rings. The number of carbonyl (C=O) groups excluding carboxylic acids is 2. The van der Waals surface area contributed by atoms with Crippen LogP contribution in [0.25, 0.3) is 11.1 Å². The van der Waals surface area contributed by atoms with E-state index in [1.807, 2.05) is 19.9 Å². The van der Waals surface area contributed by atoms with E-state index in [2.05, 4.69) is 109 Å². The first kappa shape index (κ1) is 52.2. The van der Waals surface area contributed by atoms with Crippen molar-refractivity contribution < 1.29 is 27.5 Å². The second-order valence-corrected chi connectivity index (χ2v) is 16.6. The fraction of sp³-hybridized carbons (Fsp3) is 0.592. The highest BCUT2D eigenvalue weighted by Gasteiger charge is 2.47. The van der Waals surface area contributed by atoms with Gasteiger partial charge in [0.15, 0.2) is 0 Å². The number of amides is 1. The molecule has 0 spiro atoms. The Hall–Kier alpha value is -3.85. The molecule has 58 heavy (non-hydrogen) atoms. The zero-order valence-electron chi connectivity index (χ0n) is 38.0. The molecule has 0 saturated carbocycles. The number of alkyl halides is 3. The molecule has 326 valence electrons. The van der Waals surface area contributed by atoms with Crippen molar-refractivity contribution in [2.45, 2.75) is 178 Å². The maximum absolute atomic E-state index is 12.9. The summed E-state index contributed by atoms with van der Waals surface area (Å²) in [5.41, 5.74) is 14.3. The first-order chi connectivity index (χ1) is 27.2. The van der Waals surface area contributed by atoms with Gasteiger partial charge in [-0.25, -0.2) is 0 Å². The van der Waals surface area contributed by atoms with Crippen LogP contribution in [-0.2, 0) is 9.59 Å². The Morgan fingerprint density at radius 3 is 1.97 bits per heavy atom. The molecule has 6 nitrogen and oxygen atoms in total. The molecule has 0 bridgehead atoms. The van der Waals surface area contributed by atoms with Gasteiger partial charge in [0.05, 0.1) is 5.54 Å². The van der Waals surface area contributed by atoms with Gasteiger partial charge in [-0.2, -0.15) is 0 Å². The Morgan fingerprint density at radius 2 is 1.48 bits per heavy atom. The Balaban J connectivity index is 0.000000472. The van der Waals surface area contributed by atoms with E-state index < -0.39 is 18.1 Å². The number of ketones is 1. The Bertz CT molecular complexity index is 1660. The lowest BCUT2D eigenvalue weighted by molar-refractivity contribution is -0.275. The molecule has 1 saturated heterocycles. The van der Waals surface area contributed by atoms with Crippen LogP contribution in [0.5, 0.6) is 5.75 Å². The number of nitrogens with two attached hydrogens (primary N) is 1. The summed E-state index contributed by atoms with van der Waals surface area (Å²) in [7, 11) is 0. The number of ether oxygens (including phenoxy) is 1. The summed E-state index contributed by atoms with van der Waals surface area (Å²) >= 11 is 0. The molecule has 4 unspecified atom stereocenters. The molecule has 3 aromatic rings. The van der Waals surface area contributed by atoms with Crippen molar-refractivity contribution in [2.75, 3.05) is 5.73 Å². The molecular weight excluding hydrogens is 736 g/mol. The monoisotopic (exact) mass is 812 g/mol. The van der Waals surface area contributed by atoms with Gasteiger partial charge < -0.3 is 20.6 Å². The van der Waals surface area contributed by atoms with Gasteiger partial charge in [-0.1, -0.05) is 130 Å². The first-order valence-corrected chi connectivity index (χ1v) is 21.6. The van der Waals surface area contributed by atoms with Gasteiger partial charge in [0.2, 0.25) is 5.91 Å². The number of hydrogen-bond acceptors (Lipinski definition) is 5. The van der Waals surface area contributed by atoms with Gasteiger partial charge in [0.1, 0.15) is 17.7 Å². The van der Waals surface area contributed by atoms with E-state index in [1.165, 1.54) is 59.2 Å². The molecule has 9 heteroatoms. The zero-order chi connectivity index (χ0) is 44.2. The highest BCUT2D eigenvalue weighted by Crippen LogP contribution is 2.38. The van der Waals surface area contributed by atoms with Crippen LogP contribution in [0.2, 0.25) is 0 Å². The molecule has 4 rings (SSSR count). The molecule has 1 aliphatic rings. The van der Waals surface area contributed by atoms with Gasteiger partial charge in [-0.15, -0.1) is 13.2 Å². The summed E-state index contributed by atoms with van der Waals surface area (Å²) in [4.78, 5) is 23.1. The average Bonchev–Trinajstić information content (AvgIpc) is 3.48. The molecule has 4 N–H and O–H groups in total. The number of unbranched alkanes of at least 4 members (excludes halogenated alkanes) is 2. The number of para-hydroxylation sites is 1. The molecule has 1 heterocycles. The highest BCUT2D eigenvalue weighted by molar-refractivity contribution is 5.89. The lowest BCUT2D eigenvalue weighted by Crippen LogP contribution is -2.48. The summed E-state index contributed by atoms with van der Waals surface area (Å²) in [6, 6.07) is 16.8. The van der Waals surface area contributed by atoms with Gasteiger partial charge in [0.25, 0.3) is 0 Å². The van der Waals surface area contributed by atoms with Crippen molar-refractivity contribution in [1.29, 1.82) is 0 Å². The van der Waals surface area contributed by atoms with E-state index in [9.17, 15) is 22.8 Å². The number of halogens is 3. The number of Topliss-reactive ketones (excluding diaryl/α,β-unsaturated/α-hetero) is 1. The van der Waals surface area contributed by atoms with Crippen molar-refractivity contribution in [2.24, 2.45) is 11.8 Å². The van der Waals surface area contributed by atoms with Crippen LogP contribution in [0, 0.1) is 32.6 Å². The first-order valence-electron chi connectivity index (χ1n) is 21.6. The summed E-state index contributed by atoms with van der Waals surface area (Å²) in [6.45, 7) is 27.4. The van der Waals surface area contributed by atoms with Crippen molar-refractivity contribution in [3.05, 3.63) is 82.4 Å². The maximum Gasteiger partial charge on any atom is 0.573 e. The fourth-order valence-corrected chi connectivity index (χ4v) is 6.83. The van der Waals surface area contributed by atoms with E-state index >= 15 is 0 Å². The molecule has 0 radical (unpaired) electrons. The Kier molecular flexibility index (Phi) is 23.0. The van der Waals surface area contributed by atoms with Crippen molar-refractivity contribution >= 4 is 17.4 Å². The number of nitrogens with one attached hydrogen (secondary N) is 2. The smallest absolute Gasteiger partial charge is 0.405 e. The van der Waals surface area contributed by atoms with E-state index in [-0.39, 0.29) is 23.1 Å². The highest BCUT2D eigenvalue weighted by atomic mass is 19.4. The average molecular weight is 812 g/mol. The number of nitrogen functional groups attached to an aromatic ring is 1. The summed E-state index contributed by atoms with van der Waals surface area (Å²) in [5, 5.41) is 6.14. The van der Waals surface area contributed by atoms with Crippen molar-refractivity contribution in [1.82, 2.24) is 10.6 Å². The number of anilines is 1. The molecule has 0 aromatic heterocycles. The minimum atomic E-state index is -4.79. The second kappa shape index (κ2) is 25.6. The quantitative estimate of drug-likeness (QED) is 0.133. The topological polar surface area (TPSA) is 93.4 Å². The SMILES string of the molecule is CCC(C)CCC1(CC(C)C)NC(c2ccccc2OC(F)(F)F)NC1=O.CCC(C)c1cc(C)c(-c2cc(C)ccc2N)c(C)c1.CCCC.CCCCC(C)=O. The third kappa shape index (κ3) is 17.6. The van der Waals surface area contributed by atoms with Gasteiger partial charge >= 0.3 is 6.36 Å². The van der Waals surface area contributed by atoms with Crippen LogP contribution >= 0.6 is 0 Å². The lowest BCUT2D eigenvalue weighted by Gasteiger charge is -2.30. The Morgan fingerprint density at radius 1 is 0.879 bits per heavy atom.